The highest BCUT2D eigenvalue weighted by Gasteiger charge is 2.28. The Kier molecular flexibility index (Phi) is 4.78. The highest BCUT2D eigenvalue weighted by molar-refractivity contribution is 5.79. The number of carbonyl (C=O) groups excluding carboxylic acids is 1. The fourth-order valence-corrected chi connectivity index (χ4v) is 2.48. The minimum Gasteiger partial charge on any atom is -0.351 e. The van der Waals surface area contributed by atoms with E-state index in [1.807, 2.05) is 0 Å². The van der Waals surface area contributed by atoms with Gasteiger partial charge in [0.2, 0.25) is 5.91 Å². The molecule has 1 saturated heterocycles. The van der Waals surface area contributed by atoms with Crippen molar-refractivity contribution in [1.82, 2.24) is 10.6 Å². The molecule has 3 heteroatoms. The van der Waals surface area contributed by atoms with Gasteiger partial charge in [0.1, 0.15) is 0 Å². The van der Waals surface area contributed by atoms with Gasteiger partial charge in [-0.05, 0) is 39.2 Å². The van der Waals surface area contributed by atoms with Crippen LogP contribution in [0.15, 0.2) is 0 Å². The first kappa shape index (κ1) is 13.5. The topological polar surface area (TPSA) is 41.1 Å². The van der Waals surface area contributed by atoms with E-state index in [1.165, 1.54) is 0 Å². The lowest BCUT2D eigenvalue weighted by Crippen LogP contribution is -2.50. The minimum atomic E-state index is -0.0630. The lowest BCUT2D eigenvalue weighted by Gasteiger charge is -2.32. The van der Waals surface area contributed by atoms with E-state index < -0.39 is 0 Å². The standard InChI is InChI=1S/C13H26N2O/c1-5-6-13(3,4)15-12(16)11-7-10(2)8-14-9-11/h10-11,14H,5-9H2,1-4H3,(H,15,16). The number of hydrogen-bond donors (Lipinski definition) is 2. The molecule has 0 aromatic carbocycles. The van der Waals surface area contributed by atoms with Crippen molar-refractivity contribution in [2.24, 2.45) is 11.8 Å². The van der Waals surface area contributed by atoms with E-state index in [4.69, 9.17) is 0 Å². The van der Waals surface area contributed by atoms with Crippen LogP contribution in [0.3, 0.4) is 0 Å². The number of amides is 1. The molecule has 1 rings (SSSR count). The van der Waals surface area contributed by atoms with E-state index in [9.17, 15) is 4.79 Å². The maximum Gasteiger partial charge on any atom is 0.224 e. The Morgan fingerprint density at radius 3 is 2.69 bits per heavy atom. The summed E-state index contributed by atoms with van der Waals surface area (Å²) in [6, 6.07) is 0. The lowest BCUT2D eigenvalue weighted by molar-refractivity contribution is -0.127. The van der Waals surface area contributed by atoms with Crippen molar-refractivity contribution in [1.29, 1.82) is 0 Å². The number of piperidine rings is 1. The van der Waals surface area contributed by atoms with Crippen LogP contribution in [-0.2, 0) is 4.79 Å². The summed E-state index contributed by atoms with van der Waals surface area (Å²) >= 11 is 0. The third-order valence-corrected chi connectivity index (χ3v) is 3.28. The molecule has 1 amide bonds. The molecule has 1 aliphatic heterocycles. The van der Waals surface area contributed by atoms with Gasteiger partial charge in [0, 0.05) is 12.1 Å². The molecular weight excluding hydrogens is 200 g/mol. The molecule has 2 unspecified atom stereocenters. The molecule has 2 atom stereocenters. The summed E-state index contributed by atoms with van der Waals surface area (Å²) in [5.41, 5.74) is -0.0630. The molecule has 2 N–H and O–H groups in total. The van der Waals surface area contributed by atoms with Crippen molar-refractivity contribution in [3.8, 4) is 0 Å². The van der Waals surface area contributed by atoms with Gasteiger partial charge in [0.15, 0.2) is 0 Å². The lowest BCUT2D eigenvalue weighted by atomic mass is 9.89. The van der Waals surface area contributed by atoms with Crippen LogP contribution in [0.25, 0.3) is 0 Å². The zero-order chi connectivity index (χ0) is 12.2. The molecule has 16 heavy (non-hydrogen) atoms. The molecule has 0 aromatic heterocycles. The van der Waals surface area contributed by atoms with Gasteiger partial charge in [-0.15, -0.1) is 0 Å². The molecule has 0 aliphatic carbocycles. The third-order valence-electron chi connectivity index (χ3n) is 3.28. The van der Waals surface area contributed by atoms with E-state index in [0.717, 1.165) is 32.4 Å². The Morgan fingerprint density at radius 2 is 2.12 bits per heavy atom. The Balaban J connectivity index is 2.45. The maximum absolute atomic E-state index is 12.1. The minimum absolute atomic E-state index is 0.0630. The molecule has 0 saturated carbocycles. The van der Waals surface area contributed by atoms with Crippen LogP contribution in [0.4, 0.5) is 0 Å². The van der Waals surface area contributed by atoms with E-state index in [1.54, 1.807) is 0 Å². The third kappa shape index (κ3) is 4.12. The zero-order valence-corrected chi connectivity index (χ0v) is 11.1. The number of rotatable bonds is 4. The summed E-state index contributed by atoms with van der Waals surface area (Å²) < 4.78 is 0. The van der Waals surface area contributed by atoms with Crippen LogP contribution in [0.1, 0.15) is 47.0 Å². The second-order valence-electron chi connectivity index (χ2n) is 5.82. The Hall–Kier alpha value is -0.570. The first-order valence-electron chi connectivity index (χ1n) is 6.47. The zero-order valence-electron chi connectivity index (χ0n) is 11.1. The molecule has 1 heterocycles. The SMILES string of the molecule is CCCC(C)(C)NC(=O)C1CNCC(C)C1. The molecule has 1 aliphatic rings. The van der Waals surface area contributed by atoms with Crippen molar-refractivity contribution >= 4 is 5.91 Å². The molecular formula is C13H26N2O. The van der Waals surface area contributed by atoms with Crippen LogP contribution in [-0.4, -0.2) is 24.5 Å². The Bertz CT molecular complexity index is 238. The summed E-state index contributed by atoms with van der Waals surface area (Å²) in [5, 5.41) is 6.49. The number of hydrogen-bond acceptors (Lipinski definition) is 2. The van der Waals surface area contributed by atoms with Gasteiger partial charge < -0.3 is 10.6 Å². The molecule has 0 radical (unpaired) electrons. The Labute approximate surface area is 99.4 Å². The van der Waals surface area contributed by atoms with Gasteiger partial charge in [-0.1, -0.05) is 20.3 Å². The summed E-state index contributed by atoms with van der Waals surface area (Å²) in [4.78, 5) is 12.1. The van der Waals surface area contributed by atoms with Crippen LogP contribution in [0, 0.1) is 11.8 Å². The first-order valence-corrected chi connectivity index (χ1v) is 6.47. The van der Waals surface area contributed by atoms with Gasteiger partial charge in [0.25, 0.3) is 0 Å². The Morgan fingerprint density at radius 1 is 1.44 bits per heavy atom. The van der Waals surface area contributed by atoms with Crippen molar-refractivity contribution < 1.29 is 4.79 Å². The number of nitrogens with one attached hydrogen (secondary N) is 2. The van der Waals surface area contributed by atoms with Crippen LogP contribution < -0.4 is 10.6 Å². The predicted molar refractivity (Wildman–Crippen MR) is 67.3 cm³/mol. The van der Waals surface area contributed by atoms with Crippen LogP contribution in [0.2, 0.25) is 0 Å². The average Bonchev–Trinajstić information content (AvgIpc) is 2.16. The van der Waals surface area contributed by atoms with E-state index in [0.29, 0.717) is 5.92 Å². The molecule has 0 spiro atoms. The smallest absolute Gasteiger partial charge is 0.224 e. The van der Waals surface area contributed by atoms with E-state index in [-0.39, 0.29) is 17.4 Å². The van der Waals surface area contributed by atoms with E-state index in [2.05, 4.69) is 38.3 Å². The monoisotopic (exact) mass is 226 g/mol. The average molecular weight is 226 g/mol. The molecule has 0 bridgehead atoms. The van der Waals surface area contributed by atoms with Gasteiger partial charge in [-0.3, -0.25) is 4.79 Å². The fraction of sp³-hybridized carbons (Fsp3) is 0.923. The second-order valence-corrected chi connectivity index (χ2v) is 5.82. The molecule has 0 aromatic rings. The summed E-state index contributed by atoms with van der Waals surface area (Å²) in [6.07, 6.45) is 3.15. The summed E-state index contributed by atoms with van der Waals surface area (Å²) in [5.74, 6) is 0.983. The van der Waals surface area contributed by atoms with Gasteiger partial charge in [-0.2, -0.15) is 0 Å². The molecule has 3 nitrogen and oxygen atoms in total. The largest absolute Gasteiger partial charge is 0.351 e. The van der Waals surface area contributed by atoms with Gasteiger partial charge >= 0.3 is 0 Å². The summed E-state index contributed by atoms with van der Waals surface area (Å²) in [6.45, 7) is 10.4. The van der Waals surface area contributed by atoms with E-state index >= 15 is 0 Å². The quantitative estimate of drug-likeness (QED) is 0.769. The highest BCUT2D eigenvalue weighted by atomic mass is 16.2. The van der Waals surface area contributed by atoms with Crippen molar-refractivity contribution in [2.75, 3.05) is 13.1 Å². The molecule has 1 fully saturated rings. The second kappa shape index (κ2) is 5.67. The van der Waals surface area contributed by atoms with Gasteiger partial charge in [-0.25, -0.2) is 0 Å². The van der Waals surface area contributed by atoms with Crippen molar-refractivity contribution in [3.05, 3.63) is 0 Å². The fourth-order valence-electron chi connectivity index (χ4n) is 2.48. The van der Waals surface area contributed by atoms with Gasteiger partial charge in [0.05, 0.1) is 5.92 Å². The molecule has 94 valence electrons. The van der Waals surface area contributed by atoms with Crippen LogP contribution in [0.5, 0.6) is 0 Å². The first-order chi connectivity index (χ1) is 7.44. The van der Waals surface area contributed by atoms with Crippen molar-refractivity contribution in [3.63, 3.8) is 0 Å². The predicted octanol–water partition coefficient (Wildman–Crippen LogP) is 1.93. The van der Waals surface area contributed by atoms with Crippen molar-refractivity contribution in [2.45, 2.75) is 52.5 Å². The normalized spacial score (nSPS) is 26.5. The maximum atomic E-state index is 12.1. The van der Waals surface area contributed by atoms with Crippen LogP contribution >= 0.6 is 0 Å². The highest BCUT2D eigenvalue weighted by Crippen LogP contribution is 2.18. The number of carbonyl (C=O) groups is 1. The summed E-state index contributed by atoms with van der Waals surface area (Å²) in [7, 11) is 0.